The average Bonchev–Trinajstić information content (AvgIpc) is 2.70. The summed E-state index contributed by atoms with van der Waals surface area (Å²) in [5, 5.41) is 0. The summed E-state index contributed by atoms with van der Waals surface area (Å²) in [5.74, 6) is -0.299. The molecule has 3 fully saturated rings. The number of hydrogen-bond donors (Lipinski definition) is 0. The minimum Gasteiger partial charge on any atom is -0.459 e. The maximum absolute atomic E-state index is 11.8. The molecule has 3 heterocycles. The van der Waals surface area contributed by atoms with Crippen molar-refractivity contribution in [3.8, 4) is 0 Å². The van der Waals surface area contributed by atoms with E-state index in [1.807, 2.05) is 20.8 Å². The molecule has 0 bridgehead atoms. The number of fused-ring (bicyclic) bond motifs is 1. The van der Waals surface area contributed by atoms with Gasteiger partial charge in [0.2, 0.25) is 0 Å². The largest absolute Gasteiger partial charge is 0.459 e. The van der Waals surface area contributed by atoms with E-state index in [0.717, 1.165) is 0 Å². The van der Waals surface area contributed by atoms with Gasteiger partial charge < -0.3 is 33.2 Å². The normalized spacial score (nSPS) is 46.7. The number of ether oxygens (including phenoxy) is 7. The summed E-state index contributed by atoms with van der Waals surface area (Å²) >= 11 is 0. The molecule has 11 atom stereocenters. The number of carbonyl (C=O) groups is 1. The molecular weight excluding hydrogens is 392 g/mol. The van der Waals surface area contributed by atoms with Crippen LogP contribution in [0.2, 0.25) is 0 Å². The van der Waals surface area contributed by atoms with Gasteiger partial charge in [0.15, 0.2) is 18.9 Å². The van der Waals surface area contributed by atoms with E-state index in [0.29, 0.717) is 13.2 Å². The summed E-state index contributed by atoms with van der Waals surface area (Å²) in [6.07, 6.45) is -1.20. The molecule has 0 saturated carbocycles. The van der Waals surface area contributed by atoms with Crippen LogP contribution in [0.3, 0.4) is 0 Å². The quantitative estimate of drug-likeness (QED) is 0.472. The molecule has 8 nitrogen and oxygen atoms in total. The fourth-order valence-electron chi connectivity index (χ4n) is 4.45. The van der Waals surface area contributed by atoms with E-state index in [9.17, 15) is 4.79 Å². The van der Waals surface area contributed by atoms with Crippen LogP contribution in [0, 0.1) is 17.8 Å². The van der Waals surface area contributed by atoms with E-state index < -0.39 is 24.8 Å². The molecule has 8 heteroatoms. The van der Waals surface area contributed by atoms with Gasteiger partial charge in [-0.3, -0.25) is 4.79 Å². The molecule has 0 aliphatic carbocycles. The lowest BCUT2D eigenvalue weighted by molar-refractivity contribution is -0.362. The molecule has 0 aromatic carbocycles. The first-order valence-corrected chi connectivity index (χ1v) is 10.9. The molecule has 0 N–H and O–H groups in total. The van der Waals surface area contributed by atoms with Gasteiger partial charge in [-0.05, 0) is 19.8 Å². The van der Waals surface area contributed by atoms with Crippen LogP contribution in [0.4, 0.5) is 0 Å². The highest BCUT2D eigenvalue weighted by Gasteiger charge is 2.50. The molecule has 172 valence electrons. The van der Waals surface area contributed by atoms with Gasteiger partial charge in [-0.25, -0.2) is 0 Å². The van der Waals surface area contributed by atoms with Gasteiger partial charge in [-0.15, -0.1) is 6.58 Å². The standard InChI is InChI=1S/C22H36O8/c1-8-9-24-21-13(4)19(27-15(6)23)20(14(5)26-21)30-22-12(3)11(2)18-17(29-22)10-25-16(7)28-18/h8,11-14,16-22H,1,9-10H2,2-7H3/t11-,12?,13?,14?,16?,17?,18+,19+,20-,21+,22-/m1/s1. The number of rotatable bonds is 6. The summed E-state index contributed by atoms with van der Waals surface area (Å²) < 4.78 is 41.7. The van der Waals surface area contributed by atoms with Gasteiger partial charge in [0.25, 0.3) is 0 Å². The molecule has 3 saturated heterocycles. The molecule has 0 aromatic heterocycles. The van der Waals surface area contributed by atoms with Crippen molar-refractivity contribution in [3.05, 3.63) is 12.7 Å². The molecule has 30 heavy (non-hydrogen) atoms. The predicted molar refractivity (Wildman–Crippen MR) is 107 cm³/mol. The highest BCUT2D eigenvalue weighted by Crippen LogP contribution is 2.39. The van der Waals surface area contributed by atoms with Crippen molar-refractivity contribution < 1.29 is 38.0 Å². The van der Waals surface area contributed by atoms with Crippen molar-refractivity contribution in [2.24, 2.45) is 17.8 Å². The van der Waals surface area contributed by atoms with Crippen molar-refractivity contribution in [2.45, 2.75) is 90.9 Å². The predicted octanol–water partition coefficient (Wildman–Crippen LogP) is 2.65. The van der Waals surface area contributed by atoms with Crippen molar-refractivity contribution in [3.63, 3.8) is 0 Å². The van der Waals surface area contributed by atoms with Crippen molar-refractivity contribution in [1.82, 2.24) is 0 Å². The zero-order valence-corrected chi connectivity index (χ0v) is 18.8. The Morgan fingerprint density at radius 3 is 2.40 bits per heavy atom. The fraction of sp³-hybridized carbons (Fsp3) is 0.864. The maximum atomic E-state index is 11.8. The Hall–Kier alpha value is -1.03. The smallest absolute Gasteiger partial charge is 0.303 e. The zero-order valence-electron chi connectivity index (χ0n) is 18.8. The number of esters is 1. The van der Waals surface area contributed by atoms with E-state index in [1.165, 1.54) is 6.92 Å². The highest BCUT2D eigenvalue weighted by atomic mass is 16.8. The minimum atomic E-state index is -0.524. The van der Waals surface area contributed by atoms with Gasteiger partial charge in [-0.1, -0.05) is 26.8 Å². The third-order valence-electron chi connectivity index (χ3n) is 6.35. The second-order valence-electron chi connectivity index (χ2n) is 8.63. The molecule has 3 aliphatic rings. The monoisotopic (exact) mass is 428 g/mol. The van der Waals surface area contributed by atoms with Gasteiger partial charge >= 0.3 is 5.97 Å². The van der Waals surface area contributed by atoms with Crippen LogP contribution in [0.5, 0.6) is 0 Å². The van der Waals surface area contributed by atoms with E-state index in [-0.39, 0.29) is 48.3 Å². The molecule has 3 rings (SSSR count). The lowest BCUT2D eigenvalue weighted by Crippen LogP contribution is -2.61. The first kappa shape index (κ1) is 23.6. The Balaban J connectivity index is 1.74. The van der Waals surface area contributed by atoms with Crippen molar-refractivity contribution in [2.75, 3.05) is 13.2 Å². The van der Waals surface area contributed by atoms with E-state index in [2.05, 4.69) is 20.4 Å². The van der Waals surface area contributed by atoms with Crippen molar-refractivity contribution in [1.29, 1.82) is 0 Å². The topological polar surface area (TPSA) is 81.7 Å². The van der Waals surface area contributed by atoms with Crippen LogP contribution in [0.1, 0.15) is 41.5 Å². The van der Waals surface area contributed by atoms with Crippen LogP contribution >= 0.6 is 0 Å². The first-order valence-electron chi connectivity index (χ1n) is 10.9. The van der Waals surface area contributed by atoms with Gasteiger partial charge in [-0.2, -0.15) is 0 Å². The fourth-order valence-corrected chi connectivity index (χ4v) is 4.45. The van der Waals surface area contributed by atoms with Crippen LogP contribution < -0.4 is 0 Å². The molecule has 0 spiro atoms. The van der Waals surface area contributed by atoms with Crippen LogP contribution in [0.25, 0.3) is 0 Å². The highest BCUT2D eigenvalue weighted by molar-refractivity contribution is 5.66. The van der Waals surface area contributed by atoms with Gasteiger partial charge in [0.05, 0.1) is 25.4 Å². The molecular formula is C22H36O8. The Bertz CT molecular complexity index is 596. The van der Waals surface area contributed by atoms with E-state index in [1.54, 1.807) is 6.08 Å². The summed E-state index contributed by atoms with van der Waals surface area (Å²) in [5.41, 5.74) is 0. The maximum Gasteiger partial charge on any atom is 0.303 e. The summed E-state index contributed by atoms with van der Waals surface area (Å²) in [4.78, 5) is 11.8. The molecule has 0 amide bonds. The minimum absolute atomic E-state index is 0.0384. The van der Waals surface area contributed by atoms with Crippen molar-refractivity contribution >= 4 is 5.97 Å². The lowest BCUT2D eigenvalue weighted by atomic mass is 9.84. The second kappa shape index (κ2) is 10.1. The van der Waals surface area contributed by atoms with E-state index in [4.69, 9.17) is 33.2 Å². The van der Waals surface area contributed by atoms with Crippen LogP contribution in [-0.4, -0.2) is 68.6 Å². The summed E-state index contributed by atoms with van der Waals surface area (Å²) in [7, 11) is 0. The van der Waals surface area contributed by atoms with Gasteiger partial charge in [0, 0.05) is 18.8 Å². The Kier molecular flexibility index (Phi) is 7.92. The third kappa shape index (κ3) is 5.06. The molecule has 3 aliphatic heterocycles. The Morgan fingerprint density at radius 2 is 1.73 bits per heavy atom. The molecule has 0 radical (unpaired) electrons. The second-order valence-corrected chi connectivity index (χ2v) is 8.63. The number of hydrogen-bond acceptors (Lipinski definition) is 8. The third-order valence-corrected chi connectivity index (χ3v) is 6.35. The average molecular weight is 429 g/mol. The zero-order chi connectivity index (χ0) is 22.0. The van der Waals surface area contributed by atoms with Crippen LogP contribution in [0.15, 0.2) is 12.7 Å². The van der Waals surface area contributed by atoms with Crippen LogP contribution in [-0.2, 0) is 38.0 Å². The Morgan fingerprint density at radius 1 is 1.00 bits per heavy atom. The lowest BCUT2D eigenvalue weighted by Gasteiger charge is -2.50. The number of carbonyl (C=O) groups excluding carboxylic acids is 1. The summed E-state index contributed by atoms with van der Waals surface area (Å²) in [6.45, 7) is 15.8. The Labute approximate surface area is 179 Å². The van der Waals surface area contributed by atoms with Gasteiger partial charge in [0.1, 0.15) is 18.3 Å². The molecule has 5 unspecified atom stereocenters. The van der Waals surface area contributed by atoms with E-state index >= 15 is 0 Å². The SMILES string of the molecule is C=CCO[C@H]1OC(C)[C@@H](O[C@H]2OC3COC(C)O[C@H]3[C@H](C)C2C)[C@@H](OC(C)=O)C1C. The first-order chi connectivity index (χ1) is 14.2. The summed E-state index contributed by atoms with van der Waals surface area (Å²) in [6, 6.07) is 0. The molecule has 0 aromatic rings.